The van der Waals surface area contributed by atoms with Gasteiger partial charge in [-0.25, -0.2) is 4.98 Å². The number of thiazole rings is 1. The van der Waals surface area contributed by atoms with E-state index in [-0.39, 0.29) is 18.2 Å². The normalized spacial score (nSPS) is 10.5. The van der Waals surface area contributed by atoms with Crippen LogP contribution in [0.4, 0.5) is 11.4 Å². The summed E-state index contributed by atoms with van der Waals surface area (Å²) in [5, 5.41) is 3.72. The molecule has 0 aliphatic rings. The molecule has 0 saturated heterocycles. The monoisotopic (exact) mass is 551 g/mol. The number of para-hydroxylation sites is 1. The molecule has 0 aliphatic heterocycles. The van der Waals surface area contributed by atoms with Gasteiger partial charge in [0.25, 0.3) is 0 Å². The van der Waals surface area contributed by atoms with Crippen molar-refractivity contribution in [2.45, 2.75) is 10.9 Å². The van der Waals surface area contributed by atoms with Gasteiger partial charge in [0.15, 0.2) is 15.8 Å². The second-order valence-corrected chi connectivity index (χ2v) is 10.0. The second-order valence-electron chi connectivity index (χ2n) is 7.80. The van der Waals surface area contributed by atoms with E-state index in [0.717, 1.165) is 20.1 Å². The largest absolute Gasteiger partial charge is 0.496 e. The van der Waals surface area contributed by atoms with E-state index in [1.54, 1.807) is 40.5 Å². The third kappa shape index (κ3) is 5.88. The number of hydrogen-bond donors (Lipinski definition) is 0. The van der Waals surface area contributed by atoms with Crippen molar-refractivity contribution in [1.82, 2.24) is 4.98 Å². The van der Waals surface area contributed by atoms with Crippen LogP contribution in [-0.2, 0) is 11.3 Å². The lowest BCUT2D eigenvalue weighted by Crippen LogP contribution is -2.32. The molecule has 0 radical (unpaired) electrons. The van der Waals surface area contributed by atoms with Crippen molar-refractivity contribution in [2.75, 3.05) is 39.1 Å². The van der Waals surface area contributed by atoms with Crippen molar-refractivity contribution < 1.29 is 23.7 Å². The number of fused-ring (bicyclic) bond motifs is 1. The fourth-order valence-corrected chi connectivity index (χ4v) is 5.75. The van der Waals surface area contributed by atoms with Gasteiger partial charge in [-0.3, -0.25) is 4.79 Å². The zero-order valence-corrected chi connectivity index (χ0v) is 22.8. The summed E-state index contributed by atoms with van der Waals surface area (Å²) in [7, 11) is 6.06. The average molecular weight is 552 g/mol. The Bertz CT molecular complexity index is 1440. The third-order valence-corrected chi connectivity index (χ3v) is 7.76. The molecule has 1 amide bonds. The lowest BCUT2D eigenvalue weighted by atomic mass is 10.1. The summed E-state index contributed by atoms with van der Waals surface area (Å²) in [4.78, 5) is 22.8. The summed E-state index contributed by atoms with van der Waals surface area (Å²) >= 11 is 2.92. The Balaban J connectivity index is 1.69. The number of benzene rings is 3. The zero-order valence-electron chi connectivity index (χ0n) is 21.2. The van der Waals surface area contributed by atoms with Crippen LogP contribution < -0.4 is 23.8 Å². The molecule has 38 heavy (non-hydrogen) atoms. The van der Waals surface area contributed by atoms with E-state index in [0.29, 0.717) is 34.4 Å². The Morgan fingerprint density at radius 3 is 2.34 bits per heavy atom. The van der Waals surface area contributed by atoms with Crippen LogP contribution in [0.3, 0.4) is 0 Å². The van der Waals surface area contributed by atoms with Gasteiger partial charge in [0, 0.05) is 17.0 Å². The van der Waals surface area contributed by atoms with E-state index in [2.05, 4.69) is 15.0 Å². The van der Waals surface area contributed by atoms with E-state index in [9.17, 15) is 4.79 Å². The van der Waals surface area contributed by atoms with E-state index in [4.69, 9.17) is 24.5 Å². The fourth-order valence-electron chi connectivity index (χ4n) is 3.80. The predicted octanol–water partition coefficient (Wildman–Crippen LogP) is 6.60. The Kier molecular flexibility index (Phi) is 8.80. The summed E-state index contributed by atoms with van der Waals surface area (Å²) in [5.74, 6) is 1.68. The van der Waals surface area contributed by atoms with Crippen LogP contribution in [0.2, 0.25) is 0 Å². The van der Waals surface area contributed by atoms with Crippen LogP contribution in [0.15, 0.2) is 64.1 Å². The smallest absolute Gasteiger partial charge is 0.237 e. The number of rotatable bonds is 11. The van der Waals surface area contributed by atoms with Gasteiger partial charge in [0.2, 0.25) is 11.7 Å². The van der Waals surface area contributed by atoms with E-state index in [1.807, 2.05) is 30.3 Å². The van der Waals surface area contributed by atoms with Crippen molar-refractivity contribution in [3.63, 3.8) is 0 Å². The fraction of sp³-hybridized carbons (Fsp3) is 0.231. The van der Waals surface area contributed by atoms with Crippen LogP contribution in [0.25, 0.3) is 20.7 Å². The number of thioether (sulfide) groups is 1. The maximum absolute atomic E-state index is 13.7. The number of anilines is 1. The number of nitrogens with zero attached hydrogens (tertiary/aromatic N) is 5. The summed E-state index contributed by atoms with van der Waals surface area (Å²) < 4.78 is 23.6. The van der Waals surface area contributed by atoms with Crippen molar-refractivity contribution in [3.8, 4) is 23.0 Å². The molecule has 0 N–H and O–H groups in total. The van der Waals surface area contributed by atoms with Gasteiger partial charge in [-0.05, 0) is 35.4 Å². The summed E-state index contributed by atoms with van der Waals surface area (Å²) in [6, 6.07) is 16.5. The zero-order chi connectivity index (χ0) is 27.1. The molecule has 196 valence electrons. The van der Waals surface area contributed by atoms with E-state index < -0.39 is 0 Å². The first-order valence-electron chi connectivity index (χ1n) is 11.3. The first kappa shape index (κ1) is 26.9. The quantitative estimate of drug-likeness (QED) is 0.0892. The maximum atomic E-state index is 13.7. The molecule has 0 saturated carbocycles. The van der Waals surface area contributed by atoms with Gasteiger partial charge in [-0.1, -0.05) is 35.1 Å². The Morgan fingerprint density at radius 2 is 1.71 bits per heavy atom. The minimum Gasteiger partial charge on any atom is -0.496 e. The van der Waals surface area contributed by atoms with Crippen molar-refractivity contribution in [2.24, 2.45) is 5.11 Å². The number of methoxy groups -OCH3 is 4. The molecular formula is C26H25N5O5S2. The number of carbonyl (C=O) groups is 1. The van der Waals surface area contributed by atoms with Crippen molar-refractivity contribution in [1.29, 1.82) is 0 Å². The molecule has 0 atom stereocenters. The second kappa shape index (κ2) is 12.4. The minimum atomic E-state index is -0.162. The number of amides is 1. The highest BCUT2D eigenvalue weighted by atomic mass is 32.2. The number of azide groups is 1. The lowest BCUT2D eigenvalue weighted by Gasteiger charge is -2.25. The van der Waals surface area contributed by atoms with Crippen LogP contribution in [-0.4, -0.2) is 45.1 Å². The molecule has 4 aromatic rings. The molecule has 0 spiro atoms. The molecule has 12 heteroatoms. The molecule has 0 bridgehead atoms. The molecule has 3 aromatic carbocycles. The first-order chi connectivity index (χ1) is 18.5. The SMILES string of the molecule is COc1ccc(CN(C(=O)CSc2nc3ccccc3s2)c2cc(OC)c(OC)c(OC)c2)cc1N=[N+]=[N-]. The Labute approximate surface area is 227 Å². The molecule has 0 unspecified atom stereocenters. The Hall–Kier alpha value is -4.12. The standard InChI is InChI=1S/C26H25N5O5S2/c1-33-20-10-9-16(11-19(20)29-30-27)14-31(17-12-21(34-2)25(36-4)22(13-17)35-3)24(32)15-37-26-28-18-7-5-6-8-23(18)38-26/h5-13H,14-15H2,1-4H3. The maximum Gasteiger partial charge on any atom is 0.237 e. The lowest BCUT2D eigenvalue weighted by molar-refractivity contribution is -0.116. The van der Waals surface area contributed by atoms with Gasteiger partial charge in [0.1, 0.15) is 5.75 Å². The first-order valence-corrected chi connectivity index (χ1v) is 13.1. The number of hydrogen-bond acceptors (Lipinski definition) is 9. The minimum absolute atomic E-state index is 0.149. The highest BCUT2D eigenvalue weighted by Gasteiger charge is 2.23. The highest BCUT2D eigenvalue weighted by Crippen LogP contribution is 2.42. The number of aromatic nitrogens is 1. The van der Waals surface area contributed by atoms with Crippen LogP contribution >= 0.6 is 23.1 Å². The van der Waals surface area contributed by atoms with E-state index >= 15 is 0 Å². The topological polar surface area (TPSA) is 119 Å². The molecule has 1 heterocycles. The van der Waals surface area contributed by atoms with Crippen LogP contribution in [0, 0.1) is 0 Å². The van der Waals surface area contributed by atoms with Crippen molar-refractivity contribution >= 4 is 50.6 Å². The predicted molar refractivity (Wildman–Crippen MR) is 149 cm³/mol. The van der Waals surface area contributed by atoms with Crippen LogP contribution in [0.1, 0.15) is 5.56 Å². The summed E-state index contributed by atoms with van der Waals surface area (Å²) in [5.41, 5.74) is 11.5. The van der Waals surface area contributed by atoms with Gasteiger partial charge < -0.3 is 23.8 Å². The molecule has 1 aromatic heterocycles. The molecule has 0 aliphatic carbocycles. The van der Waals surface area contributed by atoms with Gasteiger partial charge in [-0.2, -0.15) is 0 Å². The van der Waals surface area contributed by atoms with E-state index in [1.165, 1.54) is 40.2 Å². The summed E-state index contributed by atoms with van der Waals surface area (Å²) in [6.07, 6.45) is 0. The van der Waals surface area contributed by atoms with Crippen LogP contribution in [0.5, 0.6) is 23.0 Å². The molecule has 10 nitrogen and oxygen atoms in total. The van der Waals surface area contributed by atoms with Gasteiger partial charge >= 0.3 is 0 Å². The van der Waals surface area contributed by atoms with Gasteiger partial charge in [-0.15, -0.1) is 11.3 Å². The molecule has 4 rings (SSSR count). The summed E-state index contributed by atoms with van der Waals surface area (Å²) in [6.45, 7) is 0.190. The Morgan fingerprint density at radius 1 is 1.00 bits per heavy atom. The van der Waals surface area contributed by atoms with Gasteiger partial charge in [0.05, 0.1) is 62.3 Å². The molecule has 0 fully saturated rings. The molecular weight excluding hydrogens is 526 g/mol. The third-order valence-electron chi connectivity index (χ3n) is 5.59. The number of ether oxygens (including phenoxy) is 4. The number of carbonyl (C=O) groups excluding carboxylic acids is 1. The average Bonchev–Trinajstić information content (AvgIpc) is 3.37. The van der Waals surface area contributed by atoms with Crippen molar-refractivity contribution in [3.05, 3.63) is 70.6 Å². The highest BCUT2D eigenvalue weighted by molar-refractivity contribution is 8.01.